The lowest BCUT2D eigenvalue weighted by molar-refractivity contribution is 0.0742. The number of piperazine rings is 1. The Morgan fingerprint density at radius 2 is 1.33 bits per heavy atom. The van der Waals surface area contributed by atoms with Crippen molar-refractivity contribution in [3.63, 3.8) is 0 Å². The van der Waals surface area contributed by atoms with Crippen molar-refractivity contribution in [2.24, 2.45) is 0 Å². The molecule has 0 unspecified atom stereocenters. The predicted molar refractivity (Wildman–Crippen MR) is 104 cm³/mol. The molecule has 0 aliphatic carbocycles. The molecule has 0 spiro atoms. The average molecular weight is 369 g/mol. The maximum Gasteiger partial charge on any atom is 0.256 e. The monoisotopic (exact) mass is 369 g/mol. The van der Waals surface area contributed by atoms with Crippen molar-refractivity contribution < 1.29 is 13.9 Å². The molecule has 2 heterocycles. The van der Waals surface area contributed by atoms with Crippen LogP contribution in [0, 0.1) is 5.82 Å². The van der Waals surface area contributed by atoms with Gasteiger partial charge in [0.15, 0.2) is 0 Å². The summed E-state index contributed by atoms with van der Waals surface area (Å²) in [5.41, 5.74) is 2.56. The molecule has 6 heteroatoms. The molecule has 2 aliphatic rings. The molecule has 1 amide bonds. The second-order valence-corrected chi connectivity index (χ2v) is 6.85. The van der Waals surface area contributed by atoms with Gasteiger partial charge < -0.3 is 19.4 Å². The number of ether oxygens (including phenoxy) is 1. The highest BCUT2D eigenvalue weighted by Gasteiger charge is 2.26. The average Bonchev–Trinajstić information content (AvgIpc) is 2.74. The van der Waals surface area contributed by atoms with Gasteiger partial charge in [-0.25, -0.2) is 4.39 Å². The molecule has 2 aromatic carbocycles. The Morgan fingerprint density at radius 1 is 0.778 bits per heavy atom. The summed E-state index contributed by atoms with van der Waals surface area (Å²) < 4.78 is 19.4. The summed E-state index contributed by atoms with van der Waals surface area (Å²) in [4.78, 5) is 19.0. The van der Waals surface area contributed by atoms with Gasteiger partial charge in [0.25, 0.3) is 5.91 Å². The molecule has 0 radical (unpaired) electrons. The quantitative estimate of drug-likeness (QED) is 0.833. The first-order valence-corrected chi connectivity index (χ1v) is 9.44. The lowest BCUT2D eigenvalue weighted by Gasteiger charge is -2.39. The molecule has 2 aliphatic heterocycles. The Hall–Kier alpha value is -2.60. The third-order valence-corrected chi connectivity index (χ3v) is 5.25. The van der Waals surface area contributed by atoms with Crippen LogP contribution in [0.2, 0.25) is 0 Å². The third-order valence-electron chi connectivity index (χ3n) is 5.25. The first-order chi connectivity index (χ1) is 13.2. The van der Waals surface area contributed by atoms with Crippen LogP contribution in [0.25, 0.3) is 0 Å². The van der Waals surface area contributed by atoms with E-state index in [-0.39, 0.29) is 11.5 Å². The zero-order valence-corrected chi connectivity index (χ0v) is 15.3. The van der Waals surface area contributed by atoms with Crippen LogP contribution in [0.5, 0.6) is 0 Å². The van der Waals surface area contributed by atoms with Crippen LogP contribution in [0.15, 0.2) is 48.5 Å². The largest absolute Gasteiger partial charge is 0.378 e. The molecule has 0 saturated carbocycles. The highest BCUT2D eigenvalue weighted by molar-refractivity contribution is 5.94. The summed E-state index contributed by atoms with van der Waals surface area (Å²) in [5, 5.41) is 0. The lowest BCUT2D eigenvalue weighted by atomic mass is 10.1. The van der Waals surface area contributed by atoms with Crippen molar-refractivity contribution in [3.8, 4) is 0 Å². The molecule has 2 saturated heterocycles. The minimum absolute atomic E-state index is 0.152. The number of para-hydroxylation sites is 2. The molecular formula is C21H24FN3O2. The predicted octanol–water partition coefficient (Wildman–Crippen LogP) is 2.62. The van der Waals surface area contributed by atoms with E-state index in [9.17, 15) is 9.18 Å². The second-order valence-electron chi connectivity index (χ2n) is 6.85. The molecule has 27 heavy (non-hydrogen) atoms. The summed E-state index contributed by atoms with van der Waals surface area (Å²) in [5.74, 6) is -0.684. The van der Waals surface area contributed by atoms with E-state index >= 15 is 0 Å². The van der Waals surface area contributed by atoms with E-state index in [1.54, 1.807) is 23.1 Å². The summed E-state index contributed by atoms with van der Waals surface area (Å²) in [6.07, 6.45) is 0. The molecule has 2 aromatic rings. The zero-order chi connectivity index (χ0) is 18.6. The van der Waals surface area contributed by atoms with Gasteiger partial charge in [-0.3, -0.25) is 4.79 Å². The molecule has 142 valence electrons. The van der Waals surface area contributed by atoms with E-state index in [1.807, 2.05) is 0 Å². The number of halogens is 1. The molecule has 2 fully saturated rings. The van der Waals surface area contributed by atoms with Crippen LogP contribution < -0.4 is 9.80 Å². The van der Waals surface area contributed by atoms with Crippen molar-refractivity contribution in [2.75, 3.05) is 62.3 Å². The van der Waals surface area contributed by atoms with Gasteiger partial charge in [-0.1, -0.05) is 24.3 Å². The van der Waals surface area contributed by atoms with Gasteiger partial charge in [-0.15, -0.1) is 0 Å². The Balaban J connectivity index is 1.45. The Bertz CT molecular complexity index is 800. The maximum atomic E-state index is 13.9. The molecular weight excluding hydrogens is 345 g/mol. The number of carbonyl (C=O) groups is 1. The second kappa shape index (κ2) is 7.96. The number of rotatable bonds is 3. The van der Waals surface area contributed by atoms with E-state index in [2.05, 4.69) is 34.1 Å². The number of nitrogens with zero attached hydrogens (tertiary/aromatic N) is 3. The van der Waals surface area contributed by atoms with Gasteiger partial charge in [-0.2, -0.15) is 0 Å². The molecule has 0 N–H and O–H groups in total. The van der Waals surface area contributed by atoms with Crippen molar-refractivity contribution in [1.82, 2.24) is 4.90 Å². The number of hydrogen-bond donors (Lipinski definition) is 0. The number of morpholine rings is 1. The summed E-state index contributed by atoms with van der Waals surface area (Å²) >= 11 is 0. The van der Waals surface area contributed by atoms with Crippen LogP contribution in [-0.4, -0.2) is 63.3 Å². The van der Waals surface area contributed by atoms with E-state index in [0.717, 1.165) is 39.4 Å². The fraction of sp³-hybridized carbons (Fsp3) is 0.381. The SMILES string of the molecule is O=C(c1ccccc1F)N1CCN(c2ccccc2N2CCOCC2)CC1. The van der Waals surface area contributed by atoms with Gasteiger partial charge in [0.05, 0.1) is 30.2 Å². The lowest BCUT2D eigenvalue weighted by Crippen LogP contribution is -2.49. The van der Waals surface area contributed by atoms with Crippen molar-refractivity contribution in [1.29, 1.82) is 0 Å². The number of carbonyl (C=O) groups excluding carboxylic acids is 1. The van der Waals surface area contributed by atoms with Gasteiger partial charge in [0, 0.05) is 39.3 Å². The van der Waals surface area contributed by atoms with Gasteiger partial charge in [0.1, 0.15) is 5.82 Å². The smallest absolute Gasteiger partial charge is 0.256 e. The Labute approximate surface area is 158 Å². The fourth-order valence-electron chi connectivity index (χ4n) is 3.76. The minimum atomic E-state index is -0.456. The van der Waals surface area contributed by atoms with E-state index in [4.69, 9.17) is 4.74 Å². The fourth-order valence-corrected chi connectivity index (χ4v) is 3.76. The summed E-state index contributed by atoms with van der Waals surface area (Å²) in [6, 6.07) is 14.6. The van der Waals surface area contributed by atoms with E-state index in [0.29, 0.717) is 13.1 Å². The van der Waals surface area contributed by atoms with Gasteiger partial charge >= 0.3 is 0 Å². The van der Waals surface area contributed by atoms with Crippen molar-refractivity contribution in [2.45, 2.75) is 0 Å². The van der Waals surface area contributed by atoms with E-state index in [1.165, 1.54) is 17.4 Å². The van der Waals surface area contributed by atoms with Crippen LogP contribution in [0.1, 0.15) is 10.4 Å². The van der Waals surface area contributed by atoms with E-state index < -0.39 is 5.82 Å². The molecule has 0 aromatic heterocycles. The summed E-state index contributed by atoms with van der Waals surface area (Å²) in [6.45, 7) is 5.93. The Kier molecular flexibility index (Phi) is 5.25. The number of anilines is 2. The number of benzene rings is 2. The standard InChI is InChI=1S/C21H24FN3O2/c22-18-6-2-1-5-17(18)21(26)25-11-9-23(10-12-25)19-7-3-4-8-20(19)24-13-15-27-16-14-24/h1-8H,9-16H2. The topological polar surface area (TPSA) is 36.0 Å². The number of amides is 1. The highest BCUT2D eigenvalue weighted by Crippen LogP contribution is 2.30. The van der Waals surface area contributed by atoms with Crippen LogP contribution in [0.4, 0.5) is 15.8 Å². The minimum Gasteiger partial charge on any atom is -0.378 e. The van der Waals surface area contributed by atoms with Crippen LogP contribution in [0.3, 0.4) is 0 Å². The van der Waals surface area contributed by atoms with Crippen molar-refractivity contribution >= 4 is 17.3 Å². The van der Waals surface area contributed by atoms with Crippen LogP contribution >= 0.6 is 0 Å². The highest BCUT2D eigenvalue weighted by atomic mass is 19.1. The maximum absolute atomic E-state index is 13.9. The van der Waals surface area contributed by atoms with Gasteiger partial charge in [0.2, 0.25) is 0 Å². The molecule has 5 nitrogen and oxygen atoms in total. The van der Waals surface area contributed by atoms with Crippen LogP contribution in [-0.2, 0) is 4.74 Å². The summed E-state index contributed by atoms with van der Waals surface area (Å²) in [7, 11) is 0. The number of hydrogen-bond acceptors (Lipinski definition) is 4. The zero-order valence-electron chi connectivity index (χ0n) is 15.3. The third kappa shape index (κ3) is 3.76. The molecule has 0 bridgehead atoms. The van der Waals surface area contributed by atoms with Gasteiger partial charge in [-0.05, 0) is 24.3 Å². The Morgan fingerprint density at radius 3 is 1.96 bits per heavy atom. The first kappa shape index (κ1) is 17.8. The normalized spacial score (nSPS) is 17.9. The van der Waals surface area contributed by atoms with Crippen molar-refractivity contribution in [3.05, 3.63) is 59.9 Å². The molecule has 4 rings (SSSR count). The molecule has 0 atom stereocenters. The first-order valence-electron chi connectivity index (χ1n) is 9.44.